The lowest BCUT2D eigenvalue weighted by atomic mass is 10.1. The summed E-state index contributed by atoms with van der Waals surface area (Å²) in [5.41, 5.74) is 0. The van der Waals surface area contributed by atoms with Crippen molar-refractivity contribution in [2.75, 3.05) is 20.6 Å². The van der Waals surface area contributed by atoms with Gasteiger partial charge >= 0.3 is 0 Å². The second kappa shape index (κ2) is 6.65. The van der Waals surface area contributed by atoms with Gasteiger partial charge in [0.15, 0.2) is 0 Å². The van der Waals surface area contributed by atoms with Gasteiger partial charge < -0.3 is 5.32 Å². The van der Waals surface area contributed by atoms with Crippen LogP contribution in [0.25, 0.3) is 0 Å². The van der Waals surface area contributed by atoms with Gasteiger partial charge in [0.1, 0.15) is 4.21 Å². The molecule has 0 saturated heterocycles. The van der Waals surface area contributed by atoms with Gasteiger partial charge in [-0.1, -0.05) is 13.8 Å². The van der Waals surface area contributed by atoms with Gasteiger partial charge in [-0.3, -0.25) is 0 Å². The van der Waals surface area contributed by atoms with E-state index >= 15 is 0 Å². The Kier molecular flexibility index (Phi) is 5.78. The molecular formula is C12H22N2O2S2. The molecule has 0 bridgehead atoms. The molecule has 0 amide bonds. The van der Waals surface area contributed by atoms with E-state index in [0.717, 1.165) is 11.3 Å². The van der Waals surface area contributed by atoms with Crippen LogP contribution >= 0.6 is 11.3 Å². The molecule has 1 rings (SSSR count). The lowest BCUT2D eigenvalue weighted by molar-refractivity contribution is 0.429. The summed E-state index contributed by atoms with van der Waals surface area (Å²) in [5, 5.41) is 3.02. The number of nitrogens with zero attached hydrogens (tertiary/aromatic N) is 1. The van der Waals surface area contributed by atoms with Crippen LogP contribution in [0.4, 0.5) is 0 Å². The smallest absolute Gasteiger partial charge is 0.252 e. The highest BCUT2D eigenvalue weighted by Gasteiger charge is 2.22. The van der Waals surface area contributed by atoms with Crippen molar-refractivity contribution in [1.29, 1.82) is 0 Å². The Morgan fingerprint density at radius 2 is 2.06 bits per heavy atom. The summed E-state index contributed by atoms with van der Waals surface area (Å²) in [6, 6.07) is 3.56. The van der Waals surface area contributed by atoms with Crippen molar-refractivity contribution in [3.05, 3.63) is 17.0 Å². The summed E-state index contributed by atoms with van der Waals surface area (Å²) >= 11 is 1.33. The van der Waals surface area contributed by atoms with Gasteiger partial charge in [0.05, 0.1) is 0 Å². The molecular weight excluding hydrogens is 268 g/mol. The molecule has 0 spiro atoms. The first-order chi connectivity index (χ1) is 8.37. The number of rotatable bonds is 7. The molecule has 0 unspecified atom stereocenters. The summed E-state index contributed by atoms with van der Waals surface area (Å²) in [5.74, 6) is 0.505. The Morgan fingerprint density at radius 3 is 2.61 bits per heavy atom. The number of hydrogen-bond acceptors (Lipinski definition) is 4. The fraction of sp³-hybridized carbons (Fsp3) is 0.667. The van der Waals surface area contributed by atoms with Crippen molar-refractivity contribution in [2.45, 2.75) is 31.0 Å². The van der Waals surface area contributed by atoms with E-state index in [1.807, 2.05) is 13.1 Å². The second-order valence-corrected chi connectivity index (χ2v) is 8.20. The van der Waals surface area contributed by atoms with E-state index in [1.54, 1.807) is 13.1 Å². The van der Waals surface area contributed by atoms with Gasteiger partial charge in [0, 0.05) is 25.0 Å². The van der Waals surface area contributed by atoms with Crippen LogP contribution in [0.15, 0.2) is 16.3 Å². The summed E-state index contributed by atoms with van der Waals surface area (Å²) in [7, 11) is 0.190. The lowest BCUT2D eigenvalue weighted by Crippen LogP contribution is -2.28. The van der Waals surface area contributed by atoms with Crippen LogP contribution in [0.5, 0.6) is 0 Å². The summed E-state index contributed by atoms with van der Waals surface area (Å²) in [6.07, 6.45) is 0.879. The summed E-state index contributed by atoms with van der Waals surface area (Å²) in [4.78, 5) is 1.04. The molecule has 0 aliphatic heterocycles. The molecule has 0 fully saturated rings. The van der Waals surface area contributed by atoms with Gasteiger partial charge in [-0.25, -0.2) is 12.7 Å². The lowest BCUT2D eigenvalue weighted by Gasteiger charge is -2.16. The molecule has 4 nitrogen and oxygen atoms in total. The average Bonchev–Trinajstić information content (AvgIpc) is 2.75. The first-order valence-corrected chi connectivity index (χ1v) is 8.33. The quantitative estimate of drug-likeness (QED) is 0.837. The van der Waals surface area contributed by atoms with Gasteiger partial charge in [-0.15, -0.1) is 11.3 Å². The highest BCUT2D eigenvalue weighted by Crippen LogP contribution is 2.24. The minimum absolute atomic E-state index is 0.430. The van der Waals surface area contributed by atoms with Crippen LogP contribution in [0.2, 0.25) is 0 Å². The van der Waals surface area contributed by atoms with E-state index in [0.29, 0.717) is 23.2 Å². The maximum atomic E-state index is 12.3. The van der Waals surface area contributed by atoms with Crippen molar-refractivity contribution < 1.29 is 8.42 Å². The average molecular weight is 290 g/mol. The Balaban J connectivity index is 2.77. The van der Waals surface area contributed by atoms with Gasteiger partial charge in [0.2, 0.25) is 0 Å². The molecule has 0 aliphatic rings. The Bertz CT molecular complexity index is 466. The maximum absolute atomic E-state index is 12.3. The molecule has 0 aromatic carbocycles. The van der Waals surface area contributed by atoms with Crippen LogP contribution < -0.4 is 5.32 Å². The molecule has 0 saturated carbocycles. The molecule has 0 radical (unpaired) electrons. The number of nitrogens with one attached hydrogen (secondary N) is 1. The largest absolute Gasteiger partial charge is 0.315 e. The normalized spacial score (nSPS) is 12.6. The molecule has 0 aliphatic carbocycles. The monoisotopic (exact) mass is 290 g/mol. The van der Waals surface area contributed by atoms with E-state index in [-0.39, 0.29) is 0 Å². The zero-order chi connectivity index (χ0) is 13.8. The van der Waals surface area contributed by atoms with E-state index < -0.39 is 10.0 Å². The number of thiophene rings is 1. The first-order valence-electron chi connectivity index (χ1n) is 6.07. The third-order valence-corrected chi connectivity index (χ3v) is 6.08. The molecule has 1 heterocycles. The molecule has 104 valence electrons. The fourth-order valence-electron chi connectivity index (χ4n) is 1.48. The Morgan fingerprint density at radius 1 is 1.39 bits per heavy atom. The van der Waals surface area contributed by atoms with Gasteiger partial charge in [-0.2, -0.15) is 0 Å². The predicted molar refractivity (Wildman–Crippen MR) is 76.4 cm³/mol. The molecule has 1 aromatic heterocycles. The molecule has 0 atom stereocenters. The van der Waals surface area contributed by atoms with E-state index in [4.69, 9.17) is 0 Å². The third kappa shape index (κ3) is 4.05. The zero-order valence-electron chi connectivity index (χ0n) is 11.4. The van der Waals surface area contributed by atoms with Crippen molar-refractivity contribution >= 4 is 21.4 Å². The second-order valence-electron chi connectivity index (χ2n) is 4.76. The summed E-state index contributed by atoms with van der Waals surface area (Å²) < 4.78 is 26.4. The fourth-order valence-corrected chi connectivity index (χ4v) is 4.24. The molecule has 1 N–H and O–H groups in total. The van der Waals surface area contributed by atoms with Gasteiger partial charge in [-0.05, 0) is 31.5 Å². The highest BCUT2D eigenvalue weighted by atomic mass is 32.2. The zero-order valence-corrected chi connectivity index (χ0v) is 13.1. The SMILES string of the molecule is CNCc1ccc(S(=O)(=O)N(C)CCC(C)C)s1. The standard InChI is InChI=1S/C12H22N2O2S2/c1-10(2)7-8-14(4)18(15,16)12-6-5-11(17-12)9-13-3/h5-6,10,13H,7-9H2,1-4H3. The van der Waals surface area contributed by atoms with Crippen LogP contribution in [0.3, 0.4) is 0 Å². The minimum Gasteiger partial charge on any atom is -0.315 e. The van der Waals surface area contributed by atoms with Crippen LogP contribution in [0.1, 0.15) is 25.1 Å². The van der Waals surface area contributed by atoms with Crippen molar-refractivity contribution in [3.8, 4) is 0 Å². The first kappa shape index (κ1) is 15.6. The van der Waals surface area contributed by atoms with Crippen molar-refractivity contribution in [2.24, 2.45) is 5.92 Å². The van der Waals surface area contributed by atoms with Crippen LogP contribution in [-0.4, -0.2) is 33.4 Å². The molecule has 6 heteroatoms. The number of hydrogen-bond donors (Lipinski definition) is 1. The van der Waals surface area contributed by atoms with E-state index in [1.165, 1.54) is 15.6 Å². The molecule has 1 aromatic rings. The highest BCUT2D eigenvalue weighted by molar-refractivity contribution is 7.91. The third-order valence-electron chi connectivity index (χ3n) is 2.67. The maximum Gasteiger partial charge on any atom is 0.252 e. The Labute approximate surface area is 114 Å². The molecule has 18 heavy (non-hydrogen) atoms. The van der Waals surface area contributed by atoms with Crippen LogP contribution in [-0.2, 0) is 16.6 Å². The Hall–Kier alpha value is -0.430. The van der Waals surface area contributed by atoms with Gasteiger partial charge in [0.25, 0.3) is 10.0 Å². The van der Waals surface area contributed by atoms with E-state index in [2.05, 4.69) is 19.2 Å². The predicted octanol–water partition coefficient (Wildman–Crippen LogP) is 2.13. The topological polar surface area (TPSA) is 49.4 Å². The number of sulfonamides is 1. The van der Waals surface area contributed by atoms with Crippen LogP contribution in [0, 0.1) is 5.92 Å². The minimum atomic E-state index is -3.31. The van der Waals surface area contributed by atoms with Crippen molar-refractivity contribution in [3.63, 3.8) is 0 Å². The van der Waals surface area contributed by atoms with Crippen molar-refractivity contribution in [1.82, 2.24) is 9.62 Å². The van der Waals surface area contributed by atoms with E-state index in [9.17, 15) is 8.42 Å². The summed E-state index contributed by atoms with van der Waals surface area (Å²) in [6.45, 7) is 5.46.